The molecule has 0 radical (unpaired) electrons. The number of amides is 1. The maximum atomic E-state index is 12.2. The smallest absolute Gasteiger partial charge is 0.244 e. The molecule has 0 aliphatic rings. The molecule has 10 heteroatoms. The predicted molar refractivity (Wildman–Crippen MR) is 125 cm³/mol. The molecule has 0 aliphatic heterocycles. The van der Waals surface area contributed by atoms with E-state index < -0.39 is 0 Å². The number of aromatic nitrogens is 4. The van der Waals surface area contributed by atoms with Gasteiger partial charge in [-0.3, -0.25) is 9.36 Å². The molecule has 3 rings (SSSR count). The zero-order valence-electron chi connectivity index (χ0n) is 19.4. The SMILES string of the molecule is COc1cc(/C=C/C(=O)NCCNc2cc(-n3cnc(C)c3C)ncn2)cc(OC)c1OC. The summed E-state index contributed by atoms with van der Waals surface area (Å²) in [4.78, 5) is 25.0. The molecule has 10 nitrogen and oxygen atoms in total. The summed E-state index contributed by atoms with van der Waals surface area (Å²) in [6, 6.07) is 5.37. The molecular weight excluding hydrogens is 424 g/mol. The van der Waals surface area contributed by atoms with Gasteiger partial charge in [0.1, 0.15) is 24.3 Å². The van der Waals surface area contributed by atoms with Crippen LogP contribution in [0.5, 0.6) is 17.2 Å². The second-order valence-corrected chi connectivity index (χ2v) is 7.06. The Kier molecular flexibility index (Phi) is 7.85. The van der Waals surface area contributed by atoms with Crippen molar-refractivity contribution in [3.63, 3.8) is 0 Å². The Hall–Kier alpha value is -4.08. The minimum Gasteiger partial charge on any atom is -0.493 e. The van der Waals surface area contributed by atoms with Crippen LogP contribution in [0.2, 0.25) is 0 Å². The van der Waals surface area contributed by atoms with Gasteiger partial charge in [0.05, 0.1) is 27.0 Å². The van der Waals surface area contributed by atoms with Crippen molar-refractivity contribution in [2.75, 3.05) is 39.7 Å². The van der Waals surface area contributed by atoms with Gasteiger partial charge in [0.25, 0.3) is 0 Å². The van der Waals surface area contributed by atoms with E-state index in [1.807, 2.05) is 24.5 Å². The predicted octanol–water partition coefficient (Wildman–Crippen LogP) is 2.55. The number of carbonyl (C=O) groups is 1. The van der Waals surface area contributed by atoms with E-state index in [9.17, 15) is 4.79 Å². The van der Waals surface area contributed by atoms with Crippen molar-refractivity contribution in [3.05, 3.63) is 53.9 Å². The van der Waals surface area contributed by atoms with Crippen LogP contribution in [0.4, 0.5) is 5.82 Å². The van der Waals surface area contributed by atoms with E-state index in [4.69, 9.17) is 14.2 Å². The summed E-state index contributed by atoms with van der Waals surface area (Å²) in [6.07, 6.45) is 6.36. The van der Waals surface area contributed by atoms with Crippen LogP contribution in [-0.4, -0.2) is 59.8 Å². The number of methoxy groups -OCH3 is 3. The molecule has 0 fully saturated rings. The van der Waals surface area contributed by atoms with E-state index in [-0.39, 0.29) is 5.91 Å². The normalized spacial score (nSPS) is 10.8. The highest BCUT2D eigenvalue weighted by Gasteiger charge is 2.12. The number of carbonyl (C=O) groups excluding carboxylic acids is 1. The maximum Gasteiger partial charge on any atom is 0.244 e. The Morgan fingerprint density at radius 3 is 2.33 bits per heavy atom. The molecule has 2 aromatic heterocycles. The lowest BCUT2D eigenvalue weighted by atomic mass is 10.1. The number of imidazole rings is 1. The van der Waals surface area contributed by atoms with Crippen LogP contribution in [0.25, 0.3) is 11.9 Å². The first kappa shape index (κ1) is 23.6. The molecule has 0 unspecified atom stereocenters. The monoisotopic (exact) mass is 452 g/mol. The lowest BCUT2D eigenvalue weighted by Gasteiger charge is -2.12. The molecule has 1 amide bonds. The Labute approximate surface area is 192 Å². The Bertz CT molecular complexity index is 1120. The Balaban J connectivity index is 1.53. The van der Waals surface area contributed by atoms with Crippen LogP contribution in [0.3, 0.4) is 0 Å². The van der Waals surface area contributed by atoms with Crippen molar-refractivity contribution in [3.8, 4) is 23.1 Å². The topological polar surface area (TPSA) is 112 Å². The molecule has 0 aliphatic carbocycles. The van der Waals surface area contributed by atoms with Gasteiger partial charge in [0, 0.05) is 30.9 Å². The first-order valence-corrected chi connectivity index (χ1v) is 10.3. The fourth-order valence-electron chi connectivity index (χ4n) is 3.11. The van der Waals surface area contributed by atoms with Gasteiger partial charge in [-0.25, -0.2) is 15.0 Å². The molecular formula is C23H28N6O4. The van der Waals surface area contributed by atoms with E-state index >= 15 is 0 Å². The standard InChI is InChI=1S/C23H28N6O4/c1-15-16(2)29(14-28-15)21-12-20(26-13-27-21)24-8-9-25-22(30)7-6-17-10-18(31-3)23(33-5)19(11-17)32-4/h6-7,10-14H,8-9H2,1-5H3,(H,25,30)(H,24,26,27)/b7-6+. The van der Waals surface area contributed by atoms with E-state index in [2.05, 4.69) is 25.6 Å². The van der Waals surface area contributed by atoms with Crippen molar-refractivity contribution in [2.24, 2.45) is 0 Å². The van der Waals surface area contributed by atoms with E-state index in [1.54, 1.807) is 45.9 Å². The largest absolute Gasteiger partial charge is 0.493 e. The zero-order chi connectivity index (χ0) is 23.8. The highest BCUT2D eigenvalue weighted by molar-refractivity contribution is 5.91. The summed E-state index contributed by atoms with van der Waals surface area (Å²) >= 11 is 0. The second kappa shape index (κ2) is 11.0. The fraction of sp³-hybridized carbons (Fsp3) is 0.304. The van der Waals surface area contributed by atoms with Crippen LogP contribution >= 0.6 is 0 Å². The average molecular weight is 453 g/mol. The fourth-order valence-corrected chi connectivity index (χ4v) is 3.11. The van der Waals surface area contributed by atoms with Crippen LogP contribution in [0.1, 0.15) is 17.0 Å². The van der Waals surface area contributed by atoms with Gasteiger partial charge in [-0.1, -0.05) is 0 Å². The van der Waals surface area contributed by atoms with Gasteiger partial charge in [-0.15, -0.1) is 0 Å². The van der Waals surface area contributed by atoms with Crippen LogP contribution in [0.15, 0.2) is 36.9 Å². The van der Waals surface area contributed by atoms with E-state index in [1.165, 1.54) is 12.4 Å². The molecule has 0 spiro atoms. The number of benzene rings is 1. The van der Waals surface area contributed by atoms with E-state index in [0.717, 1.165) is 22.8 Å². The number of hydrogen-bond acceptors (Lipinski definition) is 8. The molecule has 0 saturated heterocycles. The number of nitrogens with one attached hydrogen (secondary N) is 2. The number of aryl methyl sites for hydroxylation is 1. The van der Waals surface area contributed by atoms with Crippen molar-refractivity contribution in [1.82, 2.24) is 24.8 Å². The Morgan fingerprint density at radius 1 is 1.00 bits per heavy atom. The molecule has 1 aromatic carbocycles. The number of nitrogens with zero attached hydrogens (tertiary/aromatic N) is 4. The van der Waals surface area contributed by atoms with E-state index in [0.29, 0.717) is 36.2 Å². The summed E-state index contributed by atoms with van der Waals surface area (Å²) in [5, 5.41) is 6.01. The van der Waals surface area contributed by atoms with Gasteiger partial charge < -0.3 is 24.8 Å². The molecule has 0 atom stereocenters. The van der Waals surface area contributed by atoms with Crippen LogP contribution < -0.4 is 24.8 Å². The minimum atomic E-state index is -0.224. The third-order valence-electron chi connectivity index (χ3n) is 5.00. The molecule has 3 aromatic rings. The number of hydrogen-bond donors (Lipinski definition) is 2. The lowest BCUT2D eigenvalue weighted by molar-refractivity contribution is -0.116. The first-order chi connectivity index (χ1) is 16.0. The average Bonchev–Trinajstić information content (AvgIpc) is 3.17. The van der Waals surface area contributed by atoms with Crippen molar-refractivity contribution < 1.29 is 19.0 Å². The van der Waals surface area contributed by atoms with Gasteiger partial charge in [0.2, 0.25) is 11.7 Å². The summed E-state index contributed by atoms with van der Waals surface area (Å²) in [5.74, 6) is 2.70. The number of anilines is 1. The zero-order valence-corrected chi connectivity index (χ0v) is 19.4. The number of rotatable bonds is 10. The summed E-state index contributed by atoms with van der Waals surface area (Å²) < 4.78 is 17.9. The third kappa shape index (κ3) is 5.79. The maximum absolute atomic E-state index is 12.2. The highest BCUT2D eigenvalue weighted by Crippen LogP contribution is 2.38. The third-order valence-corrected chi connectivity index (χ3v) is 5.00. The summed E-state index contributed by atoms with van der Waals surface area (Å²) in [5.41, 5.74) is 2.72. The quantitative estimate of drug-likeness (QED) is 0.357. The highest BCUT2D eigenvalue weighted by atomic mass is 16.5. The van der Waals surface area contributed by atoms with Gasteiger partial charge in [-0.2, -0.15) is 0 Å². The number of ether oxygens (including phenoxy) is 3. The minimum absolute atomic E-state index is 0.224. The van der Waals surface area contributed by atoms with Gasteiger partial charge >= 0.3 is 0 Å². The first-order valence-electron chi connectivity index (χ1n) is 10.3. The van der Waals surface area contributed by atoms with Gasteiger partial charge in [0.15, 0.2) is 11.5 Å². The second-order valence-electron chi connectivity index (χ2n) is 7.06. The molecule has 174 valence electrons. The summed E-state index contributed by atoms with van der Waals surface area (Å²) in [7, 11) is 4.63. The van der Waals surface area contributed by atoms with Crippen molar-refractivity contribution in [1.29, 1.82) is 0 Å². The Morgan fingerprint density at radius 2 is 1.73 bits per heavy atom. The van der Waals surface area contributed by atoms with Crippen molar-refractivity contribution >= 4 is 17.8 Å². The molecule has 0 saturated carbocycles. The molecule has 2 heterocycles. The lowest BCUT2D eigenvalue weighted by Crippen LogP contribution is -2.27. The van der Waals surface area contributed by atoms with Gasteiger partial charge in [-0.05, 0) is 37.6 Å². The van der Waals surface area contributed by atoms with Crippen LogP contribution in [-0.2, 0) is 4.79 Å². The van der Waals surface area contributed by atoms with Crippen LogP contribution in [0, 0.1) is 13.8 Å². The molecule has 2 N–H and O–H groups in total. The summed E-state index contributed by atoms with van der Waals surface area (Å²) in [6.45, 7) is 4.85. The molecule has 33 heavy (non-hydrogen) atoms. The van der Waals surface area contributed by atoms with Crippen molar-refractivity contribution in [2.45, 2.75) is 13.8 Å². The molecule has 0 bridgehead atoms.